The van der Waals surface area contributed by atoms with Crippen LogP contribution in [0.3, 0.4) is 0 Å². The molecule has 0 aliphatic carbocycles. The number of aryl methyl sites for hydroxylation is 1. The van der Waals surface area contributed by atoms with Gasteiger partial charge >= 0.3 is 0 Å². The molecular formula is C25H21ClN2O5S2. The summed E-state index contributed by atoms with van der Waals surface area (Å²) >= 11 is 7.46. The highest BCUT2D eigenvalue weighted by Crippen LogP contribution is 2.41. The van der Waals surface area contributed by atoms with E-state index in [1.54, 1.807) is 30.3 Å². The number of nitrogens with one attached hydrogen (secondary N) is 1. The van der Waals surface area contributed by atoms with Gasteiger partial charge in [-0.3, -0.25) is 4.79 Å². The third kappa shape index (κ3) is 5.12. The van der Waals surface area contributed by atoms with Crippen molar-refractivity contribution in [3.05, 3.63) is 75.8 Å². The predicted octanol–water partition coefficient (Wildman–Crippen LogP) is 6.17. The van der Waals surface area contributed by atoms with Gasteiger partial charge in [0.2, 0.25) is 5.88 Å². The van der Waals surface area contributed by atoms with Crippen molar-refractivity contribution in [2.45, 2.75) is 18.6 Å². The number of anilines is 1. The van der Waals surface area contributed by atoms with Crippen LogP contribution in [0.5, 0.6) is 17.4 Å². The Morgan fingerprint density at radius 1 is 1.20 bits per heavy atom. The van der Waals surface area contributed by atoms with Crippen LogP contribution in [-0.2, 0) is 9.84 Å². The van der Waals surface area contributed by atoms with Crippen molar-refractivity contribution in [3.63, 3.8) is 0 Å². The van der Waals surface area contributed by atoms with Crippen LogP contribution in [0.4, 0.5) is 5.69 Å². The van der Waals surface area contributed by atoms with Gasteiger partial charge in [-0.2, -0.15) is 0 Å². The van der Waals surface area contributed by atoms with Crippen molar-refractivity contribution in [2.75, 3.05) is 18.2 Å². The zero-order valence-corrected chi connectivity index (χ0v) is 21.3. The van der Waals surface area contributed by atoms with Crippen LogP contribution in [0, 0.1) is 6.92 Å². The third-order valence-electron chi connectivity index (χ3n) is 5.61. The smallest absolute Gasteiger partial charge is 0.265 e. The maximum absolute atomic E-state index is 13.0. The van der Waals surface area contributed by atoms with E-state index >= 15 is 0 Å². The fourth-order valence-corrected chi connectivity index (χ4v) is 6.38. The fourth-order valence-electron chi connectivity index (χ4n) is 4.04. The van der Waals surface area contributed by atoms with Crippen molar-refractivity contribution in [2.24, 2.45) is 0 Å². The zero-order valence-electron chi connectivity index (χ0n) is 18.9. The Morgan fingerprint density at radius 3 is 2.80 bits per heavy atom. The molecule has 1 atom stereocenters. The topological polar surface area (TPSA) is 94.6 Å². The van der Waals surface area contributed by atoms with Gasteiger partial charge < -0.3 is 14.8 Å². The molecule has 1 aliphatic rings. The molecule has 5 rings (SSSR count). The van der Waals surface area contributed by atoms with E-state index < -0.39 is 15.1 Å². The summed E-state index contributed by atoms with van der Waals surface area (Å²) in [5.74, 6) is 1.09. The van der Waals surface area contributed by atoms with Crippen LogP contribution in [0.1, 0.15) is 32.5 Å². The molecule has 0 radical (unpaired) electrons. The number of amides is 1. The van der Waals surface area contributed by atoms with Crippen LogP contribution in [0.25, 0.3) is 10.1 Å². The number of nitrogens with zero attached hydrogens (tertiary/aromatic N) is 1. The lowest BCUT2D eigenvalue weighted by molar-refractivity contribution is 0.103. The highest BCUT2D eigenvalue weighted by atomic mass is 35.5. The van der Waals surface area contributed by atoms with E-state index in [4.69, 9.17) is 21.1 Å². The van der Waals surface area contributed by atoms with Crippen LogP contribution < -0.4 is 14.8 Å². The first kappa shape index (κ1) is 23.6. The van der Waals surface area contributed by atoms with Gasteiger partial charge in [0.15, 0.2) is 9.84 Å². The zero-order chi connectivity index (χ0) is 24.7. The summed E-state index contributed by atoms with van der Waals surface area (Å²) in [6.07, 6.45) is 1.64. The maximum Gasteiger partial charge on any atom is 0.265 e. The average Bonchev–Trinajstić information content (AvgIpc) is 3.19. The minimum absolute atomic E-state index is 0.179. The molecule has 10 heteroatoms. The van der Waals surface area contributed by atoms with Gasteiger partial charge in [-0.25, -0.2) is 13.4 Å². The molecule has 0 saturated heterocycles. The number of ether oxygens (including phenoxy) is 2. The highest BCUT2D eigenvalue weighted by Gasteiger charge is 2.30. The Balaban J connectivity index is 1.40. The van der Waals surface area contributed by atoms with E-state index in [9.17, 15) is 13.2 Å². The first-order valence-corrected chi connectivity index (χ1v) is 13.9. The van der Waals surface area contributed by atoms with Crippen LogP contribution in [-0.4, -0.2) is 32.2 Å². The van der Waals surface area contributed by atoms with Gasteiger partial charge in [-0.15, -0.1) is 11.3 Å². The van der Waals surface area contributed by atoms with Gasteiger partial charge in [0.1, 0.15) is 16.7 Å². The summed E-state index contributed by atoms with van der Waals surface area (Å²) in [5, 5.41) is 3.19. The summed E-state index contributed by atoms with van der Waals surface area (Å²) in [7, 11) is -3.28. The Labute approximate surface area is 211 Å². The van der Waals surface area contributed by atoms with E-state index in [1.807, 2.05) is 31.2 Å². The summed E-state index contributed by atoms with van der Waals surface area (Å²) in [5.41, 5.74) is 2.11. The molecule has 7 nitrogen and oxygen atoms in total. The molecule has 3 heterocycles. The van der Waals surface area contributed by atoms with E-state index in [2.05, 4.69) is 10.3 Å². The van der Waals surface area contributed by atoms with Crippen LogP contribution in [0.15, 0.2) is 54.6 Å². The van der Waals surface area contributed by atoms with Gasteiger partial charge in [-0.05, 0) is 54.3 Å². The summed E-state index contributed by atoms with van der Waals surface area (Å²) in [6, 6.07) is 16.0. The molecule has 35 heavy (non-hydrogen) atoms. The quantitative estimate of drug-likeness (QED) is 0.311. The number of carbonyl (C=O) groups excluding carboxylic acids is 1. The lowest BCUT2D eigenvalue weighted by Crippen LogP contribution is -2.20. The number of thiophene rings is 1. The van der Waals surface area contributed by atoms with Crippen molar-refractivity contribution in [1.29, 1.82) is 0 Å². The third-order valence-corrected chi connectivity index (χ3v) is 8.43. The number of sulfone groups is 1. The van der Waals surface area contributed by atoms with Gasteiger partial charge in [0, 0.05) is 34.7 Å². The van der Waals surface area contributed by atoms with Crippen molar-refractivity contribution >= 4 is 54.5 Å². The second kappa shape index (κ2) is 9.14. The van der Waals surface area contributed by atoms with Crippen molar-refractivity contribution in [3.8, 4) is 17.4 Å². The number of pyridine rings is 1. The predicted molar refractivity (Wildman–Crippen MR) is 138 cm³/mol. The van der Waals surface area contributed by atoms with Crippen LogP contribution in [0.2, 0.25) is 5.15 Å². The Hall–Kier alpha value is -3.14. The molecule has 1 aliphatic heterocycles. The number of halogens is 1. The Kier molecular flexibility index (Phi) is 6.16. The SMILES string of the molecule is Cc1cccc(Oc2cc(NC(=O)c3cc4cc5c(cc4s3)OCCC5S(C)(=O)=O)cc(Cl)n2)c1. The fraction of sp³-hybridized carbons (Fsp3) is 0.200. The largest absolute Gasteiger partial charge is 0.493 e. The molecule has 0 bridgehead atoms. The van der Waals surface area contributed by atoms with E-state index in [0.717, 1.165) is 15.6 Å². The molecule has 2 aromatic heterocycles. The Bertz CT molecular complexity index is 1570. The minimum Gasteiger partial charge on any atom is -0.493 e. The molecule has 1 amide bonds. The van der Waals surface area contributed by atoms with Crippen molar-refractivity contribution < 1.29 is 22.7 Å². The molecule has 0 fully saturated rings. The number of fused-ring (bicyclic) bond motifs is 2. The van der Waals surface area contributed by atoms with Crippen molar-refractivity contribution in [1.82, 2.24) is 4.98 Å². The van der Waals surface area contributed by atoms with E-state index in [0.29, 0.717) is 40.7 Å². The number of rotatable bonds is 5. The molecule has 2 aromatic carbocycles. The second-order valence-corrected chi connectivity index (χ2v) is 12.1. The number of benzene rings is 2. The summed E-state index contributed by atoms with van der Waals surface area (Å²) < 4.78 is 36.8. The standard InChI is InChI=1S/C25H21ClN2O5S2/c1-14-4-3-5-17(8-14)33-24-12-16(11-23(26)28-24)27-25(29)21-10-15-9-18-19(13-20(15)34-21)32-7-6-22(18)35(2,30)31/h3-5,8-13,22H,6-7H2,1-2H3,(H,27,28,29). The molecular weight excluding hydrogens is 508 g/mol. The molecule has 1 unspecified atom stereocenters. The van der Waals surface area contributed by atoms with E-state index in [1.165, 1.54) is 17.6 Å². The number of aromatic nitrogens is 1. The minimum atomic E-state index is -3.28. The first-order chi connectivity index (χ1) is 16.7. The normalized spacial score (nSPS) is 15.3. The molecule has 0 saturated carbocycles. The second-order valence-electron chi connectivity index (χ2n) is 8.38. The Morgan fingerprint density at radius 2 is 2.03 bits per heavy atom. The number of hydrogen-bond donors (Lipinski definition) is 1. The van der Waals surface area contributed by atoms with E-state index in [-0.39, 0.29) is 16.9 Å². The first-order valence-electron chi connectivity index (χ1n) is 10.8. The van der Waals surface area contributed by atoms with Gasteiger partial charge in [0.25, 0.3) is 5.91 Å². The molecule has 4 aromatic rings. The molecule has 180 valence electrons. The molecule has 1 N–H and O–H groups in total. The number of carbonyl (C=O) groups is 1. The summed E-state index contributed by atoms with van der Waals surface area (Å²) in [6.45, 7) is 2.30. The van der Waals surface area contributed by atoms with Gasteiger partial charge in [-0.1, -0.05) is 23.7 Å². The average molecular weight is 529 g/mol. The lowest BCUT2D eigenvalue weighted by atomic mass is 10.0. The monoisotopic (exact) mass is 528 g/mol. The highest BCUT2D eigenvalue weighted by molar-refractivity contribution is 7.90. The maximum atomic E-state index is 13.0. The lowest BCUT2D eigenvalue weighted by Gasteiger charge is -2.24. The summed E-state index contributed by atoms with van der Waals surface area (Å²) in [4.78, 5) is 17.7. The van der Waals surface area contributed by atoms with Crippen LogP contribution >= 0.6 is 22.9 Å². The van der Waals surface area contributed by atoms with Gasteiger partial charge in [0.05, 0.1) is 16.7 Å². The molecule has 0 spiro atoms. The number of hydrogen-bond acceptors (Lipinski definition) is 7.